The highest BCUT2D eigenvalue weighted by Crippen LogP contribution is 2.25. The average Bonchev–Trinajstić information content (AvgIpc) is 3.22. The van der Waals surface area contributed by atoms with Crippen LogP contribution in [0.2, 0.25) is 0 Å². The van der Waals surface area contributed by atoms with E-state index in [2.05, 4.69) is 10.4 Å². The first kappa shape index (κ1) is 20.4. The molecular weight excluding hydrogens is 403 g/mol. The summed E-state index contributed by atoms with van der Waals surface area (Å²) >= 11 is 0. The maximum Gasteiger partial charge on any atom is 0.276 e. The van der Waals surface area contributed by atoms with Crippen molar-refractivity contribution in [3.63, 3.8) is 0 Å². The summed E-state index contributed by atoms with van der Waals surface area (Å²) in [6, 6.07) is 12.4. The molecular formula is C22H21FN4O4. The van der Waals surface area contributed by atoms with Gasteiger partial charge in [-0.3, -0.25) is 14.3 Å². The number of nitrogens with zero attached hydrogens (tertiary/aromatic N) is 3. The molecule has 160 valence electrons. The van der Waals surface area contributed by atoms with Crippen LogP contribution in [-0.2, 0) is 13.1 Å². The van der Waals surface area contributed by atoms with Gasteiger partial charge in [0.1, 0.15) is 23.0 Å². The van der Waals surface area contributed by atoms with E-state index < -0.39 is 11.7 Å². The average molecular weight is 424 g/mol. The lowest BCUT2D eigenvalue weighted by Gasteiger charge is -2.27. The van der Waals surface area contributed by atoms with Crippen LogP contribution >= 0.6 is 0 Å². The van der Waals surface area contributed by atoms with E-state index in [4.69, 9.17) is 9.47 Å². The Balaban J connectivity index is 1.50. The first-order valence-electron chi connectivity index (χ1n) is 9.63. The van der Waals surface area contributed by atoms with E-state index in [-0.39, 0.29) is 11.6 Å². The van der Waals surface area contributed by atoms with Crippen molar-refractivity contribution in [2.24, 2.45) is 0 Å². The second-order valence-electron chi connectivity index (χ2n) is 7.05. The smallest absolute Gasteiger partial charge is 0.276 e. The SMILES string of the molecule is COc1cc(CN2CCn3nc(C(=O)Nc4ccc(F)cc4)cc3C2=O)cc(OC)c1. The monoisotopic (exact) mass is 424 g/mol. The quantitative estimate of drug-likeness (QED) is 0.658. The van der Waals surface area contributed by atoms with Gasteiger partial charge in [0.2, 0.25) is 0 Å². The highest BCUT2D eigenvalue weighted by atomic mass is 19.1. The highest BCUT2D eigenvalue weighted by molar-refractivity contribution is 6.04. The Hall–Kier alpha value is -3.88. The maximum absolute atomic E-state index is 13.0. The molecule has 1 aromatic heterocycles. The van der Waals surface area contributed by atoms with Crippen molar-refractivity contribution >= 4 is 17.5 Å². The lowest BCUT2D eigenvalue weighted by molar-refractivity contribution is 0.0683. The molecule has 2 amide bonds. The van der Waals surface area contributed by atoms with Gasteiger partial charge in [0, 0.05) is 30.9 Å². The summed E-state index contributed by atoms with van der Waals surface area (Å²) in [7, 11) is 3.14. The number of nitrogens with one attached hydrogen (secondary N) is 1. The minimum absolute atomic E-state index is 0.123. The van der Waals surface area contributed by atoms with Gasteiger partial charge in [-0.15, -0.1) is 0 Å². The Labute approximate surface area is 178 Å². The van der Waals surface area contributed by atoms with Gasteiger partial charge in [-0.1, -0.05) is 0 Å². The molecule has 0 radical (unpaired) electrons. The summed E-state index contributed by atoms with van der Waals surface area (Å²) in [5.41, 5.74) is 1.77. The molecule has 0 bridgehead atoms. The van der Waals surface area contributed by atoms with Crippen molar-refractivity contribution in [3.8, 4) is 11.5 Å². The Kier molecular flexibility index (Phi) is 5.57. The largest absolute Gasteiger partial charge is 0.497 e. The van der Waals surface area contributed by atoms with Crippen LogP contribution in [0.1, 0.15) is 26.5 Å². The normalized spacial score (nSPS) is 13.0. The van der Waals surface area contributed by atoms with Crippen molar-refractivity contribution < 1.29 is 23.5 Å². The van der Waals surface area contributed by atoms with Crippen LogP contribution < -0.4 is 14.8 Å². The van der Waals surface area contributed by atoms with Crippen molar-refractivity contribution in [3.05, 3.63) is 71.3 Å². The number of anilines is 1. The van der Waals surface area contributed by atoms with Gasteiger partial charge in [0.05, 0.1) is 20.8 Å². The maximum atomic E-state index is 13.0. The fourth-order valence-corrected chi connectivity index (χ4v) is 3.41. The van der Waals surface area contributed by atoms with Crippen LogP contribution in [0.3, 0.4) is 0 Å². The second kappa shape index (κ2) is 8.47. The molecule has 3 aromatic rings. The number of carbonyl (C=O) groups excluding carboxylic acids is 2. The van der Waals surface area contributed by atoms with Crippen molar-refractivity contribution in [2.45, 2.75) is 13.1 Å². The summed E-state index contributed by atoms with van der Waals surface area (Å²) in [6.45, 7) is 1.28. The van der Waals surface area contributed by atoms with Crippen LogP contribution in [0.5, 0.6) is 11.5 Å². The number of halogens is 1. The molecule has 0 unspecified atom stereocenters. The lowest BCUT2D eigenvalue weighted by Crippen LogP contribution is -2.39. The number of hydrogen-bond donors (Lipinski definition) is 1. The Morgan fingerprint density at radius 2 is 1.74 bits per heavy atom. The van der Waals surface area contributed by atoms with Crippen LogP contribution in [-0.4, -0.2) is 47.3 Å². The summed E-state index contributed by atoms with van der Waals surface area (Å²) in [5, 5.41) is 6.91. The molecule has 0 aliphatic carbocycles. The molecule has 8 nitrogen and oxygen atoms in total. The fraction of sp³-hybridized carbons (Fsp3) is 0.227. The van der Waals surface area contributed by atoms with Crippen LogP contribution in [0.25, 0.3) is 0 Å². The zero-order chi connectivity index (χ0) is 22.0. The number of carbonyl (C=O) groups is 2. The number of hydrogen-bond acceptors (Lipinski definition) is 5. The van der Waals surface area contributed by atoms with Gasteiger partial charge in [-0.05, 0) is 42.0 Å². The summed E-state index contributed by atoms with van der Waals surface area (Å²) in [4.78, 5) is 27.2. The van der Waals surface area contributed by atoms with Gasteiger partial charge in [0.15, 0.2) is 5.69 Å². The molecule has 0 spiro atoms. The van der Waals surface area contributed by atoms with Crippen molar-refractivity contribution in [1.29, 1.82) is 0 Å². The molecule has 1 aliphatic heterocycles. The van der Waals surface area contributed by atoms with Gasteiger partial charge in [-0.25, -0.2) is 4.39 Å². The molecule has 1 aliphatic rings. The molecule has 4 rings (SSSR count). The standard InChI is InChI=1S/C22H21FN4O4/c1-30-17-9-14(10-18(11-17)31-2)13-26-7-8-27-20(22(26)29)12-19(25-27)21(28)24-16-5-3-15(23)4-6-16/h3-6,9-12H,7-8,13H2,1-2H3,(H,24,28). The number of methoxy groups -OCH3 is 2. The number of ether oxygens (including phenoxy) is 2. The predicted octanol–water partition coefficient (Wildman–Crippen LogP) is 2.95. The summed E-state index contributed by atoms with van der Waals surface area (Å²) in [6.07, 6.45) is 0. The van der Waals surface area contributed by atoms with Gasteiger partial charge in [0.25, 0.3) is 11.8 Å². The predicted molar refractivity (Wildman–Crippen MR) is 111 cm³/mol. The molecule has 2 aromatic carbocycles. The second-order valence-corrected chi connectivity index (χ2v) is 7.05. The lowest BCUT2D eigenvalue weighted by atomic mass is 10.1. The van der Waals surface area contributed by atoms with Crippen molar-refractivity contribution in [2.75, 3.05) is 26.1 Å². The third-order valence-corrected chi connectivity index (χ3v) is 4.99. The number of amides is 2. The molecule has 2 heterocycles. The van der Waals surface area contributed by atoms with E-state index in [0.29, 0.717) is 42.5 Å². The molecule has 0 atom stereocenters. The molecule has 31 heavy (non-hydrogen) atoms. The Morgan fingerprint density at radius 1 is 1.06 bits per heavy atom. The first-order valence-corrected chi connectivity index (χ1v) is 9.63. The highest BCUT2D eigenvalue weighted by Gasteiger charge is 2.28. The van der Waals surface area contributed by atoms with E-state index in [1.807, 2.05) is 12.1 Å². The zero-order valence-corrected chi connectivity index (χ0v) is 17.1. The van der Waals surface area contributed by atoms with E-state index in [0.717, 1.165) is 5.56 Å². The van der Waals surface area contributed by atoms with Gasteiger partial charge in [-0.2, -0.15) is 5.10 Å². The van der Waals surface area contributed by atoms with E-state index in [9.17, 15) is 14.0 Å². The third-order valence-electron chi connectivity index (χ3n) is 4.99. The first-order chi connectivity index (χ1) is 15.0. The van der Waals surface area contributed by atoms with Gasteiger partial charge >= 0.3 is 0 Å². The van der Waals surface area contributed by atoms with E-state index >= 15 is 0 Å². The summed E-state index contributed by atoms with van der Waals surface area (Å²) in [5.74, 6) is 0.203. The Bertz CT molecular complexity index is 1100. The van der Waals surface area contributed by atoms with Crippen LogP contribution in [0.15, 0.2) is 48.5 Å². The van der Waals surface area contributed by atoms with Crippen molar-refractivity contribution in [1.82, 2.24) is 14.7 Å². The van der Waals surface area contributed by atoms with Gasteiger partial charge < -0.3 is 19.7 Å². The molecule has 1 N–H and O–H groups in total. The summed E-state index contributed by atoms with van der Waals surface area (Å²) < 4.78 is 25.2. The zero-order valence-electron chi connectivity index (χ0n) is 17.1. The third kappa shape index (κ3) is 4.35. The number of benzene rings is 2. The number of aromatic nitrogens is 2. The molecule has 0 saturated heterocycles. The Morgan fingerprint density at radius 3 is 2.39 bits per heavy atom. The minimum atomic E-state index is -0.467. The number of rotatable bonds is 6. The molecule has 9 heteroatoms. The topological polar surface area (TPSA) is 85.7 Å². The van der Waals surface area contributed by atoms with E-state index in [1.54, 1.807) is 25.2 Å². The van der Waals surface area contributed by atoms with Crippen LogP contribution in [0.4, 0.5) is 10.1 Å². The fourth-order valence-electron chi connectivity index (χ4n) is 3.41. The minimum Gasteiger partial charge on any atom is -0.497 e. The molecule has 0 saturated carbocycles. The molecule has 0 fully saturated rings. The van der Waals surface area contributed by atoms with Crippen LogP contribution in [0, 0.1) is 5.82 Å². The number of fused-ring (bicyclic) bond motifs is 1. The van der Waals surface area contributed by atoms with E-state index in [1.165, 1.54) is 35.0 Å².